The van der Waals surface area contributed by atoms with Crippen molar-refractivity contribution in [3.05, 3.63) is 42.1 Å². The van der Waals surface area contributed by atoms with E-state index < -0.39 is 15.1 Å². The fourth-order valence-corrected chi connectivity index (χ4v) is 3.32. The Bertz CT molecular complexity index is 708. The van der Waals surface area contributed by atoms with Gasteiger partial charge in [0.05, 0.1) is 10.8 Å². The molecule has 0 spiro atoms. The third-order valence-electron chi connectivity index (χ3n) is 3.89. The number of likely N-dealkylation sites (N-methyl/N-ethyl adjacent to an activating group) is 1. The summed E-state index contributed by atoms with van der Waals surface area (Å²) in [6.07, 6.45) is 3.75. The van der Waals surface area contributed by atoms with Crippen LogP contribution in [0.4, 0.5) is 0 Å². The van der Waals surface area contributed by atoms with Gasteiger partial charge in [0.15, 0.2) is 9.84 Å². The Labute approximate surface area is 126 Å². The quantitative estimate of drug-likeness (QED) is 0.889. The van der Waals surface area contributed by atoms with E-state index in [1.165, 1.54) is 6.26 Å². The maximum absolute atomic E-state index is 11.8. The molecule has 21 heavy (non-hydrogen) atoms. The summed E-state index contributed by atoms with van der Waals surface area (Å²) in [7, 11) is -3.08. The van der Waals surface area contributed by atoms with E-state index in [1.54, 1.807) is 13.1 Å². The zero-order chi connectivity index (χ0) is 15.5. The minimum Gasteiger partial charge on any atom is -0.313 e. The first-order valence-corrected chi connectivity index (χ1v) is 9.13. The van der Waals surface area contributed by atoms with Crippen LogP contribution in [0.25, 0.3) is 10.9 Å². The molecule has 5 heteroatoms. The predicted octanol–water partition coefficient (Wildman–Crippen LogP) is 2.19. The molecule has 2 rings (SSSR count). The van der Waals surface area contributed by atoms with Crippen LogP contribution in [0.15, 0.2) is 36.5 Å². The lowest BCUT2D eigenvalue weighted by Gasteiger charge is -2.24. The van der Waals surface area contributed by atoms with Crippen molar-refractivity contribution in [2.45, 2.75) is 31.6 Å². The molecule has 0 fully saturated rings. The number of nitrogens with one attached hydrogen (secondary N) is 1. The summed E-state index contributed by atoms with van der Waals surface area (Å²) >= 11 is 0. The third kappa shape index (κ3) is 3.80. The maximum atomic E-state index is 11.8. The van der Waals surface area contributed by atoms with Crippen LogP contribution in [0, 0.1) is 0 Å². The Morgan fingerprint density at radius 1 is 1.24 bits per heavy atom. The zero-order valence-electron chi connectivity index (χ0n) is 12.7. The fraction of sp³-hybridized carbons (Fsp3) is 0.438. The van der Waals surface area contributed by atoms with E-state index >= 15 is 0 Å². The van der Waals surface area contributed by atoms with E-state index in [9.17, 15) is 8.42 Å². The summed E-state index contributed by atoms with van der Waals surface area (Å²) in [6.45, 7) is 4.51. The summed E-state index contributed by atoms with van der Waals surface area (Å²) in [4.78, 5) is 4.35. The average Bonchev–Trinajstić information content (AvgIpc) is 2.45. The van der Waals surface area contributed by atoms with Crippen LogP contribution in [0.5, 0.6) is 0 Å². The van der Waals surface area contributed by atoms with Crippen LogP contribution in [0.2, 0.25) is 0 Å². The highest BCUT2D eigenvalue weighted by molar-refractivity contribution is 7.91. The molecule has 1 N–H and O–H groups in total. The number of rotatable bonds is 6. The van der Waals surface area contributed by atoms with Crippen molar-refractivity contribution in [2.75, 3.05) is 12.8 Å². The highest BCUT2D eigenvalue weighted by atomic mass is 32.2. The van der Waals surface area contributed by atoms with Gasteiger partial charge in [-0.1, -0.05) is 25.1 Å². The summed E-state index contributed by atoms with van der Waals surface area (Å²) in [5, 5.41) is 3.96. The van der Waals surface area contributed by atoms with Crippen LogP contribution in [-0.4, -0.2) is 37.5 Å². The van der Waals surface area contributed by atoms with Crippen LogP contribution in [0.3, 0.4) is 0 Å². The average molecular weight is 306 g/mol. The summed E-state index contributed by atoms with van der Waals surface area (Å²) in [5.74, 6) is 0. The van der Waals surface area contributed by atoms with Crippen molar-refractivity contribution >= 4 is 20.7 Å². The van der Waals surface area contributed by atoms with Crippen molar-refractivity contribution in [1.29, 1.82) is 0 Å². The molecule has 4 nitrogen and oxygen atoms in total. The SMILES string of the molecule is CCNC(Cc1ccnc2ccccc12)C(C)S(C)(=O)=O. The molecule has 0 aliphatic carbocycles. The molecule has 1 aromatic carbocycles. The number of nitrogens with zero attached hydrogens (tertiary/aromatic N) is 1. The molecular formula is C16H22N2O2S. The Morgan fingerprint density at radius 2 is 1.95 bits per heavy atom. The Morgan fingerprint density at radius 3 is 2.62 bits per heavy atom. The van der Waals surface area contributed by atoms with Gasteiger partial charge < -0.3 is 5.32 Å². The van der Waals surface area contributed by atoms with Gasteiger partial charge >= 0.3 is 0 Å². The number of pyridine rings is 1. The Hall–Kier alpha value is -1.46. The fourth-order valence-electron chi connectivity index (χ4n) is 2.53. The van der Waals surface area contributed by atoms with Gasteiger partial charge in [0, 0.05) is 23.9 Å². The molecule has 1 heterocycles. The number of para-hydroxylation sites is 1. The first kappa shape index (κ1) is 15.9. The van der Waals surface area contributed by atoms with Crippen LogP contribution < -0.4 is 5.32 Å². The molecule has 2 aromatic rings. The molecule has 0 bridgehead atoms. The second kappa shape index (κ2) is 6.54. The number of benzene rings is 1. The van der Waals surface area contributed by atoms with Gasteiger partial charge in [-0.25, -0.2) is 8.42 Å². The van der Waals surface area contributed by atoms with Gasteiger partial charge in [-0.15, -0.1) is 0 Å². The van der Waals surface area contributed by atoms with Crippen LogP contribution in [-0.2, 0) is 16.3 Å². The minimum absolute atomic E-state index is 0.101. The van der Waals surface area contributed by atoms with Crippen molar-refractivity contribution in [3.8, 4) is 0 Å². The van der Waals surface area contributed by atoms with E-state index in [0.717, 1.165) is 23.0 Å². The molecule has 0 radical (unpaired) electrons. The summed E-state index contributed by atoms with van der Waals surface area (Å²) in [6, 6.07) is 9.82. The maximum Gasteiger partial charge on any atom is 0.151 e. The number of fused-ring (bicyclic) bond motifs is 1. The second-order valence-corrected chi connectivity index (χ2v) is 7.79. The Kier molecular flexibility index (Phi) is 4.96. The highest BCUT2D eigenvalue weighted by Gasteiger charge is 2.25. The number of sulfone groups is 1. The van der Waals surface area contributed by atoms with Crippen LogP contribution in [0.1, 0.15) is 19.4 Å². The van der Waals surface area contributed by atoms with Gasteiger partial charge in [0.1, 0.15) is 0 Å². The topological polar surface area (TPSA) is 59.1 Å². The summed E-state index contributed by atoms with van der Waals surface area (Å²) in [5.41, 5.74) is 2.07. The first-order chi connectivity index (χ1) is 9.93. The van der Waals surface area contributed by atoms with E-state index in [4.69, 9.17) is 0 Å². The van der Waals surface area contributed by atoms with Gasteiger partial charge in [-0.05, 0) is 37.6 Å². The van der Waals surface area contributed by atoms with Crippen molar-refractivity contribution in [1.82, 2.24) is 10.3 Å². The van der Waals surface area contributed by atoms with Crippen molar-refractivity contribution < 1.29 is 8.42 Å². The molecule has 0 aliphatic rings. The minimum atomic E-state index is -3.08. The Balaban J connectivity index is 2.35. The number of hydrogen-bond donors (Lipinski definition) is 1. The van der Waals surface area contributed by atoms with E-state index in [1.807, 2.05) is 37.3 Å². The molecule has 114 valence electrons. The van der Waals surface area contributed by atoms with Crippen molar-refractivity contribution in [3.63, 3.8) is 0 Å². The number of hydrogen-bond acceptors (Lipinski definition) is 4. The van der Waals surface area contributed by atoms with E-state index in [0.29, 0.717) is 6.42 Å². The van der Waals surface area contributed by atoms with Gasteiger partial charge in [0.25, 0.3) is 0 Å². The molecule has 2 unspecified atom stereocenters. The molecule has 0 saturated carbocycles. The second-order valence-electron chi connectivity index (χ2n) is 5.39. The molecule has 0 aliphatic heterocycles. The third-order valence-corrected chi connectivity index (χ3v) is 5.57. The first-order valence-electron chi connectivity index (χ1n) is 7.18. The molecule has 1 aromatic heterocycles. The van der Waals surface area contributed by atoms with Gasteiger partial charge in [-0.3, -0.25) is 4.98 Å². The van der Waals surface area contributed by atoms with E-state index in [-0.39, 0.29) is 6.04 Å². The zero-order valence-corrected chi connectivity index (χ0v) is 13.5. The summed E-state index contributed by atoms with van der Waals surface area (Å²) < 4.78 is 23.7. The largest absolute Gasteiger partial charge is 0.313 e. The lowest BCUT2D eigenvalue weighted by Crippen LogP contribution is -2.43. The van der Waals surface area contributed by atoms with Gasteiger partial charge in [-0.2, -0.15) is 0 Å². The van der Waals surface area contributed by atoms with E-state index in [2.05, 4.69) is 10.3 Å². The standard InChI is InChI=1S/C16H22N2O2S/c1-4-17-16(12(2)21(3,19)20)11-13-9-10-18-15-8-6-5-7-14(13)15/h5-10,12,16-17H,4,11H2,1-3H3. The number of aromatic nitrogens is 1. The molecular weight excluding hydrogens is 284 g/mol. The molecule has 0 saturated heterocycles. The molecule has 2 atom stereocenters. The predicted molar refractivity (Wildman–Crippen MR) is 87.2 cm³/mol. The highest BCUT2D eigenvalue weighted by Crippen LogP contribution is 2.19. The van der Waals surface area contributed by atoms with Gasteiger partial charge in [0.2, 0.25) is 0 Å². The van der Waals surface area contributed by atoms with Crippen molar-refractivity contribution in [2.24, 2.45) is 0 Å². The lowest BCUT2D eigenvalue weighted by atomic mass is 10.00. The lowest BCUT2D eigenvalue weighted by molar-refractivity contribution is 0.494. The monoisotopic (exact) mass is 306 g/mol. The molecule has 0 amide bonds. The van der Waals surface area contributed by atoms with Crippen LogP contribution >= 0.6 is 0 Å². The smallest absolute Gasteiger partial charge is 0.151 e. The normalized spacial score (nSPS) is 15.0.